The van der Waals surface area contributed by atoms with Crippen molar-refractivity contribution in [3.8, 4) is 0 Å². The molecule has 0 radical (unpaired) electrons. The van der Waals surface area contributed by atoms with Gasteiger partial charge in [-0.15, -0.1) is 24.0 Å². The molecule has 2 aromatic rings. The smallest absolute Gasteiger partial charge is 0.246 e. The van der Waals surface area contributed by atoms with E-state index in [4.69, 9.17) is 4.52 Å². The van der Waals surface area contributed by atoms with Crippen LogP contribution in [0.25, 0.3) is 0 Å². The largest absolute Gasteiger partial charge is 0.359 e. The average molecular weight is 529 g/mol. The maximum atomic E-state index is 12.7. The molecular weight excluding hydrogens is 497 g/mol. The second kappa shape index (κ2) is 11.3. The number of rotatable bonds is 7. The second-order valence-electron chi connectivity index (χ2n) is 7.24. The molecule has 0 aromatic carbocycles. The number of aryl methyl sites for hydroxylation is 1. The summed E-state index contributed by atoms with van der Waals surface area (Å²) >= 11 is 0. The number of nitrogens with one attached hydrogen (secondary N) is 1. The maximum Gasteiger partial charge on any atom is 0.246 e. The number of aromatic nitrogens is 3. The summed E-state index contributed by atoms with van der Waals surface area (Å²) in [6.07, 6.45) is 5.65. The first-order chi connectivity index (χ1) is 14.0. The third kappa shape index (κ3) is 5.73. The van der Waals surface area contributed by atoms with Crippen molar-refractivity contribution < 1.29 is 9.32 Å². The molecule has 1 amide bonds. The van der Waals surface area contributed by atoms with Gasteiger partial charge in [0.05, 0.1) is 17.6 Å². The van der Waals surface area contributed by atoms with Gasteiger partial charge in [-0.05, 0) is 19.8 Å². The highest BCUT2D eigenvalue weighted by atomic mass is 127. The highest BCUT2D eigenvalue weighted by molar-refractivity contribution is 14.0. The van der Waals surface area contributed by atoms with Gasteiger partial charge in [0.2, 0.25) is 5.91 Å². The average Bonchev–Trinajstić information content (AvgIpc) is 3.35. The first kappa shape index (κ1) is 24.2. The summed E-state index contributed by atoms with van der Waals surface area (Å²) in [5, 5.41) is 11.6. The molecule has 1 N–H and O–H groups in total. The predicted molar refractivity (Wildman–Crippen MR) is 127 cm³/mol. The van der Waals surface area contributed by atoms with Crippen LogP contribution in [0.5, 0.6) is 0 Å². The van der Waals surface area contributed by atoms with Crippen molar-refractivity contribution in [2.24, 2.45) is 12.0 Å². The van der Waals surface area contributed by atoms with E-state index in [0.717, 1.165) is 36.5 Å². The topological polar surface area (TPSA) is 91.8 Å². The third-order valence-electron chi connectivity index (χ3n) is 5.22. The van der Waals surface area contributed by atoms with Gasteiger partial charge in [-0.25, -0.2) is 4.99 Å². The summed E-state index contributed by atoms with van der Waals surface area (Å²) in [6, 6.07) is 2.00. The molecule has 0 saturated carbocycles. The molecular formula is C20H32IN7O2. The number of nitrogens with zero attached hydrogens (tertiary/aromatic N) is 6. The van der Waals surface area contributed by atoms with Crippen LogP contribution in [0.15, 0.2) is 28.0 Å². The standard InChI is InChI=1S/C20H31N7O2.HI/c1-5-15(6-2)18-10-17(29-24-18)12-22-20(21-7-3)26-8-9-27(19(28)14-26)16-11-23-25(4)13-16;/h10-11,13,15H,5-9,12,14H2,1-4H3,(H,21,22);1H. The van der Waals surface area contributed by atoms with Crippen molar-refractivity contribution in [3.63, 3.8) is 0 Å². The van der Waals surface area contributed by atoms with Gasteiger partial charge in [0, 0.05) is 44.9 Å². The van der Waals surface area contributed by atoms with Crippen molar-refractivity contribution in [3.05, 3.63) is 29.9 Å². The molecule has 166 valence electrons. The third-order valence-corrected chi connectivity index (χ3v) is 5.22. The van der Waals surface area contributed by atoms with E-state index in [1.807, 2.05) is 31.1 Å². The molecule has 2 aromatic heterocycles. The summed E-state index contributed by atoms with van der Waals surface area (Å²) in [5.74, 6) is 1.91. The number of guanidine groups is 1. The fourth-order valence-corrected chi connectivity index (χ4v) is 3.56. The Hall–Kier alpha value is -2.11. The summed E-state index contributed by atoms with van der Waals surface area (Å²) in [6.45, 7) is 9.02. The van der Waals surface area contributed by atoms with Gasteiger partial charge in [0.1, 0.15) is 13.1 Å². The summed E-state index contributed by atoms with van der Waals surface area (Å²) in [7, 11) is 1.85. The number of halogens is 1. The highest BCUT2D eigenvalue weighted by Crippen LogP contribution is 2.22. The Morgan fingerprint density at radius 3 is 2.67 bits per heavy atom. The Kier molecular flexibility index (Phi) is 9.12. The van der Waals surface area contributed by atoms with Crippen LogP contribution in [0.4, 0.5) is 5.69 Å². The van der Waals surface area contributed by atoms with E-state index in [1.165, 1.54) is 0 Å². The Balaban J connectivity index is 0.00000320. The zero-order valence-electron chi connectivity index (χ0n) is 18.2. The summed E-state index contributed by atoms with van der Waals surface area (Å²) < 4.78 is 7.18. The lowest BCUT2D eigenvalue weighted by Gasteiger charge is -2.35. The fraction of sp³-hybridized carbons (Fsp3) is 0.600. The van der Waals surface area contributed by atoms with E-state index in [9.17, 15) is 4.79 Å². The molecule has 0 atom stereocenters. The van der Waals surface area contributed by atoms with Gasteiger partial charge in [-0.1, -0.05) is 19.0 Å². The van der Waals surface area contributed by atoms with E-state index in [0.29, 0.717) is 31.5 Å². The minimum absolute atomic E-state index is 0. The van der Waals surface area contributed by atoms with E-state index in [-0.39, 0.29) is 36.4 Å². The number of hydrogen-bond acceptors (Lipinski definition) is 5. The van der Waals surface area contributed by atoms with E-state index < -0.39 is 0 Å². The first-order valence-electron chi connectivity index (χ1n) is 10.3. The minimum Gasteiger partial charge on any atom is -0.359 e. The van der Waals surface area contributed by atoms with Crippen molar-refractivity contribution in [1.82, 2.24) is 25.2 Å². The lowest BCUT2D eigenvalue weighted by Crippen LogP contribution is -2.55. The molecule has 0 spiro atoms. The monoisotopic (exact) mass is 529 g/mol. The number of hydrogen-bond donors (Lipinski definition) is 1. The highest BCUT2D eigenvalue weighted by Gasteiger charge is 2.27. The number of carbonyl (C=O) groups excluding carboxylic acids is 1. The first-order valence-corrected chi connectivity index (χ1v) is 10.3. The van der Waals surface area contributed by atoms with E-state index >= 15 is 0 Å². The number of aliphatic imine (C=N–C) groups is 1. The van der Waals surface area contributed by atoms with Crippen LogP contribution in [0.3, 0.4) is 0 Å². The molecule has 0 aliphatic carbocycles. The van der Waals surface area contributed by atoms with Crippen LogP contribution in [0, 0.1) is 0 Å². The summed E-state index contributed by atoms with van der Waals surface area (Å²) in [5.41, 5.74) is 1.82. The van der Waals surface area contributed by atoms with Crippen molar-refractivity contribution in [2.75, 3.05) is 31.1 Å². The Labute approximate surface area is 194 Å². The molecule has 9 nitrogen and oxygen atoms in total. The van der Waals surface area contributed by atoms with Crippen LogP contribution in [0.1, 0.15) is 51.0 Å². The maximum absolute atomic E-state index is 12.7. The number of anilines is 1. The van der Waals surface area contributed by atoms with Gasteiger partial charge in [0.15, 0.2) is 11.7 Å². The van der Waals surface area contributed by atoms with Crippen LogP contribution in [0.2, 0.25) is 0 Å². The zero-order valence-corrected chi connectivity index (χ0v) is 20.5. The van der Waals surface area contributed by atoms with E-state index in [2.05, 4.69) is 34.4 Å². The van der Waals surface area contributed by atoms with Crippen LogP contribution >= 0.6 is 24.0 Å². The molecule has 1 aliphatic rings. The Morgan fingerprint density at radius 1 is 1.30 bits per heavy atom. The number of piperazine rings is 1. The molecule has 3 heterocycles. The van der Waals surface area contributed by atoms with Gasteiger partial charge >= 0.3 is 0 Å². The Morgan fingerprint density at radius 2 is 2.07 bits per heavy atom. The van der Waals surface area contributed by atoms with Crippen molar-refractivity contribution >= 4 is 41.5 Å². The number of carbonyl (C=O) groups is 1. The van der Waals surface area contributed by atoms with Crippen LogP contribution < -0.4 is 10.2 Å². The van der Waals surface area contributed by atoms with Gasteiger partial charge in [-0.3, -0.25) is 9.48 Å². The molecule has 10 heteroatoms. The molecule has 0 unspecified atom stereocenters. The lowest BCUT2D eigenvalue weighted by molar-refractivity contribution is -0.120. The van der Waals surface area contributed by atoms with Crippen LogP contribution in [-0.2, 0) is 18.4 Å². The van der Waals surface area contributed by atoms with Gasteiger partial charge < -0.3 is 19.6 Å². The zero-order chi connectivity index (χ0) is 20.8. The minimum atomic E-state index is 0. The fourth-order valence-electron chi connectivity index (χ4n) is 3.56. The van der Waals surface area contributed by atoms with E-state index in [1.54, 1.807) is 15.8 Å². The Bertz CT molecular complexity index is 844. The summed E-state index contributed by atoms with van der Waals surface area (Å²) in [4.78, 5) is 21.1. The predicted octanol–water partition coefficient (Wildman–Crippen LogP) is 2.74. The molecule has 1 aliphatic heterocycles. The molecule has 30 heavy (non-hydrogen) atoms. The quantitative estimate of drug-likeness (QED) is 0.337. The SMILES string of the molecule is CCNC(=NCc1cc(C(CC)CC)no1)N1CCN(c2cnn(C)c2)C(=O)C1.I. The number of amides is 1. The van der Waals surface area contributed by atoms with Gasteiger partial charge in [-0.2, -0.15) is 5.10 Å². The van der Waals surface area contributed by atoms with Gasteiger partial charge in [0.25, 0.3) is 0 Å². The molecule has 1 saturated heterocycles. The second-order valence-corrected chi connectivity index (χ2v) is 7.24. The van der Waals surface area contributed by atoms with Crippen LogP contribution in [-0.4, -0.2) is 57.9 Å². The van der Waals surface area contributed by atoms with Crippen molar-refractivity contribution in [2.45, 2.75) is 46.1 Å². The lowest BCUT2D eigenvalue weighted by atomic mass is 9.99. The molecule has 0 bridgehead atoms. The molecule has 3 rings (SSSR count). The molecule has 1 fully saturated rings. The van der Waals surface area contributed by atoms with Crippen molar-refractivity contribution in [1.29, 1.82) is 0 Å². The normalized spacial score (nSPS) is 15.0.